The summed E-state index contributed by atoms with van der Waals surface area (Å²) < 4.78 is 28.0. The van der Waals surface area contributed by atoms with E-state index >= 15 is 0 Å². The summed E-state index contributed by atoms with van der Waals surface area (Å²) in [6.45, 7) is 1.99. The second-order valence-electron chi connectivity index (χ2n) is 6.91. The summed E-state index contributed by atoms with van der Waals surface area (Å²) >= 11 is 5.83. The quantitative estimate of drug-likeness (QED) is 0.690. The molecule has 0 bridgehead atoms. The van der Waals surface area contributed by atoms with E-state index in [4.69, 9.17) is 16.7 Å². The number of sulfonamides is 1. The molecule has 2 aromatic carbocycles. The van der Waals surface area contributed by atoms with Crippen LogP contribution < -0.4 is 4.72 Å². The van der Waals surface area contributed by atoms with Crippen LogP contribution in [0.25, 0.3) is 0 Å². The van der Waals surface area contributed by atoms with Gasteiger partial charge >= 0.3 is 5.97 Å². The summed E-state index contributed by atoms with van der Waals surface area (Å²) in [5.74, 6) is -0.809. The summed E-state index contributed by atoms with van der Waals surface area (Å²) in [6.07, 6.45) is 2.63. The van der Waals surface area contributed by atoms with Gasteiger partial charge in [-0.3, -0.25) is 4.79 Å². The van der Waals surface area contributed by atoms with Gasteiger partial charge in [0.2, 0.25) is 10.0 Å². The summed E-state index contributed by atoms with van der Waals surface area (Å²) in [5, 5.41) is 9.47. The van der Waals surface area contributed by atoms with Crippen molar-refractivity contribution in [2.24, 2.45) is 0 Å². The molecule has 8 heteroatoms. The van der Waals surface area contributed by atoms with E-state index in [1.165, 1.54) is 17.7 Å². The van der Waals surface area contributed by atoms with E-state index in [0.717, 1.165) is 23.1 Å². The molecule has 0 heterocycles. The third kappa shape index (κ3) is 5.59. The molecule has 1 aliphatic carbocycles. The van der Waals surface area contributed by atoms with Crippen molar-refractivity contribution in [3.8, 4) is 0 Å². The number of aryl methyl sites for hydroxylation is 1. The van der Waals surface area contributed by atoms with Crippen molar-refractivity contribution in [1.82, 2.24) is 4.72 Å². The molecule has 0 spiro atoms. The average Bonchev–Trinajstić information content (AvgIpc) is 2.61. The Labute approximate surface area is 192 Å². The summed E-state index contributed by atoms with van der Waals surface area (Å²) in [5.41, 5.74) is 4.46. The third-order valence-electron chi connectivity index (χ3n) is 5.01. The van der Waals surface area contributed by atoms with Gasteiger partial charge in [0.15, 0.2) is 0 Å². The van der Waals surface area contributed by atoms with E-state index in [-0.39, 0.29) is 46.9 Å². The van der Waals surface area contributed by atoms with Gasteiger partial charge in [-0.2, -0.15) is 0 Å². The number of hydrogen-bond acceptors (Lipinski definition) is 3. The maximum Gasteiger partial charge on any atom is 0.303 e. The number of carboxylic acids is 1. The number of hydrogen-bond donors (Lipinski definition) is 2. The molecule has 0 amide bonds. The Morgan fingerprint density at radius 1 is 1.21 bits per heavy atom. The van der Waals surface area contributed by atoms with Gasteiger partial charge in [-0.1, -0.05) is 23.7 Å². The molecule has 0 saturated carbocycles. The Morgan fingerprint density at radius 3 is 2.54 bits per heavy atom. The molecule has 0 unspecified atom stereocenters. The van der Waals surface area contributed by atoms with E-state index in [2.05, 4.69) is 4.72 Å². The molecule has 1 aliphatic rings. The Bertz CT molecular complexity index is 961. The molecular weight excluding hydrogens is 409 g/mol. The van der Waals surface area contributed by atoms with Crippen LogP contribution in [0.3, 0.4) is 0 Å². The van der Waals surface area contributed by atoms with Gasteiger partial charge in [0.25, 0.3) is 0 Å². The first-order valence-corrected chi connectivity index (χ1v) is 10.7. The van der Waals surface area contributed by atoms with Crippen LogP contribution in [0.5, 0.6) is 0 Å². The summed E-state index contributed by atoms with van der Waals surface area (Å²) in [4.78, 5) is 11.1. The second kappa shape index (κ2) is 9.74. The molecule has 0 aromatic heterocycles. The van der Waals surface area contributed by atoms with Crippen molar-refractivity contribution in [3.05, 3.63) is 63.7 Å². The molecule has 28 heavy (non-hydrogen) atoms. The predicted octanol–water partition coefficient (Wildman–Crippen LogP) is 3.12. The monoisotopic (exact) mass is 430 g/mol. The average molecular weight is 431 g/mol. The number of benzene rings is 2. The fourth-order valence-corrected chi connectivity index (χ4v) is 5.03. The predicted molar refractivity (Wildman–Crippen MR) is 110 cm³/mol. The Morgan fingerprint density at radius 2 is 1.89 bits per heavy atom. The number of nitrogens with one attached hydrogen (secondary N) is 1. The van der Waals surface area contributed by atoms with Gasteiger partial charge in [0.05, 0.1) is 4.90 Å². The fourth-order valence-electron chi connectivity index (χ4n) is 3.63. The minimum Gasteiger partial charge on any atom is -0.481 e. The maximum atomic E-state index is 12.6. The van der Waals surface area contributed by atoms with Crippen LogP contribution in [0.1, 0.15) is 35.1 Å². The smallest absolute Gasteiger partial charge is 0.303 e. The minimum absolute atomic E-state index is 0. The van der Waals surface area contributed by atoms with Crippen LogP contribution in [0.15, 0.2) is 41.3 Å². The maximum absolute atomic E-state index is 12.6. The molecule has 2 aromatic rings. The topological polar surface area (TPSA) is 83.5 Å². The molecule has 1 radical (unpaired) electrons. The van der Waals surface area contributed by atoms with Gasteiger partial charge in [0.1, 0.15) is 0 Å². The number of fused-ring (bicyclic) bond motifs is 1. The zero-order valence-corrected chi connectivity index (χ0v) is 19.6. The van der Waals surface area contributed by atoms with Crippen molar-refractivity contribution in [3.63, 3.8) is 0 Å². The number of aliphatic carboxylic acids is 1. The van der Waals surface area contributed by atoms with Crippen molar-refractivity contribution >= 4 is 57.2 Å². The van der Waals surface area contributed by atoms with E-state index in [9.17, 15) is 13.2 Å². The van der Waals surface area contributed by atoms with Gasteiger partial charge in [-0.25, -0.2) is 13.1 Å². The van der Waals surface area contributed by atoms with Gasteiger partial charge < -0.3 is 5.11 Å². The van der Waals surface area contributed by atoms with Crippen LogP contribution in [0.2, 0.25) is 5.02 Å². The van der Waals surface area contributed by atoms with Gasteiger partial charge in [-0.05, 0) is 79.1 Å². The first-order valence-electron chi connectivity index (χ1n) is 8.86. The Hall–Kier alpha value is -0.890. The molecule has 0 saturated heterocycles. The molecule has 5 nitrogen and oxygen atoms in total. The standard InChI is InChI=1S/C20H22ClNO4S.Na/c1-13-2-3-14-12-16(6-9-19(14)18(13)10-11-20(23)24)22-27(25,26)17-7-4-15(21)5-8-17;/h2-5,7-8,16,22H,6,9-12H2,1H3,(H,23,24);/t16-;/m1./s1. The largest absolute Gasteiger partial charge is 0.481 e. The van der Waals surface area contributed by atoms with Crippen molar-refractivity contribution in [2.45, 2.75) is 50.0 Å². The second-order valence-corrected chi connectivity index (χ2v) is 9.06. The normalized spacial score (nSPS) is 16.1. The van der Waals surface area contributed by atoms with Crippen LogP contribution >= 0.6 is 11.6 Å². The van der Waals surface area contributed by atoms with E-state index in [0.29, 0.717) is 24.3 Å². The first-order chi connectivity index (χ1) is 12.8. The number of carboxylic acid groups (broad SMARTS) is 1. The SMILES string of the molecule is Cc1ccc2c(c1CCC(=O)O)CC[C@@H](NS(=O)(=O)c1ccc(Cl)cc1)C2.[Na]. The fraction of sp³-hybridized carbons (Fsp3) is 0.350. The molecule has 3 rings (SSSR count). The number of rotatable bonds is 6. The molecule has 1 atom stereocenters. The summed E-state index contributed by atoms with van der Waals surface area (Å²) in [6, 6.07) is 9.94. The molecule has 145 valence electrons. The number of halogens is 1. The summed E-state index contributed by atoms with van der Waals surface area (Å²) in [7, 11) is -3.61. The van der Waals surface area contributed by atoms with Gasteiger partial charge in [-0.15, -0.1) is 0 Å². The van der Waals surface area contributed by atoms with Crippen molar-refractivity contribution in [1.29, 1.82) is 0 Å². The van der Waals surface area contributed by atoms with Crippen LogP contribution in [0, 0.1) is 6.92 Å². The van der Waals surface area contributed by atoms with Gasteiger partial charge in [0, 0.05) is 47.0 Å². The van der Waals surface area contributed by atoms with Crippen LogP contribution in [-0.2, 0) is 34.1 Å². The van der Waals surface area contributed by atoms with Crippen molar-refractivity contribution < 1.29 is 18.3 Å². The van der Waals surface area contributed by atoms with E-state index < -0.39 is 16.0 Å². The minimum atomic E-state index is -3.61. The molecule has 0 aliphatic heterocycles. The van der Waals surface area contributed by atoms with E-state index in [1.807, 2.05) is 19.1 Å². The van der Waals surface area contributed by atoms with Crippen molar-refractivity contribution in [2.75, 3.05) is 0 Å². The first kappa shape index (κ1) is 23.4. The third-order valence-corrected chi connectivity index (χ3v) is 6.79. The van der Waals surface area contributed by atoms with E-state index in [1.54, 1.807) is 12.1 Å². The number of carbonyl (C=O) groups is 1. The molecular formula is C20H22ClNNaO4S. The Balaban J connectivity index is 0.00000280. The zero-order valence-electron chi connectivity index (χ0n) is 16.0. The molecule has 2 N–H and O–H groups in total. The van der Waals surface area contributed by atoms with Crippen LogP contribution in [0.4, 0.5) is 0 Å². The zero-order chi connectivity index (χ0) is 19.6. The Kier molecular flexibility index (Phi) is 8.14. The van der Waals surface area contributed by atoms with Crippen LogP contribution in [-0.4, -0.2) is 55.1 Å². The molecule has 0 fully saturated rings.